The van der Waals surface area contributed by atoms with Gasteiger partial charge in [-0.2, -0.15) is 9.65 Å². The minimum absolute atomic E-state index is 0.0437. The smallest absolute Gasteiger partial charge is 0.227 e. The third kappa shape index (κ3) is 1.89. The molecule has 1 aromatic heterocycles. The third-order valence-electron chi connectivity index (χ3n) is 1.14. The Bertz CT molecular complexity index is 306. The molecule has 0 aliphatic heterocycles. The summed E-state index contributed by atoms with van der Waals surface area (Å²) in [4.78, 5) is 3.35. The fourth-order valence-electron chi connectivity index (χ4n) is 0.649. The number of nitrogens with zero attached hydrogens (tertiary/aromatic N) is 2. The van der Waals surface area contributed by atoms with Crippen LogP contribution in [0.4, 0.5) is 4.39 Å². The normalized spacial score (nSPS) is 9.18. The zero-order valence-electron chi connectivity index (χ0n) is 5.51. The van der Waals surface area contributed by atoms with Crippen LogP contribution in [0.15, 0.2) is 12.3 Å². The molecule has 0 aliphatic carbocycles. The van der Waals surface area contributed by atoms with E-state index in [1.165, 1.54) is 12.3 Å². The molecule has 0 N–H and O–H groups in total. The van der Waals surface area contributed by atoms with Gasteiger partial charge in [-0.05, 0) is 11.6 Å². The molecule has 0 atom stereocenters. The topological polar surface area (TPSA) is 36.7 Å². The van der Waals surface area contributed by atoms with Gasteiger partial charge in [0, 0.05) is 6.20 Å². The first-order valence-electron chi connectivity index (χ1n) is 2.91. The van der Waals surface area contributed by atoms with Crippen molar-refractivity contribution in [1.29, 1.82) is 5.26 Å². The van der Waals surface area contributed by atoms with Gasteiger partial charge in [0.2, 0.25) is 5.95 Å². The van der Waals surface area contributed by atoms with Crippen LogP contribution in [0, 0.1) is 17.3 Å². The van der Waals surface area contributed by atoms with E-state index in [4.69, 9.17) is 16.9 Å². The van der Waals surface area contributed by atoms with Gasteiger partial charge in [-0.15, -0.1) is 0 Å². The van der Waals surface area contributed by atoms with Gasteiger partial charge in [0.15, 0.2) is 0 Å². The Morgan fingerprint density at radius 2 is 2.45 bits per heavy atom. The van der Waals surface area contributed by atoms with Crippen molar-refractivity contribution < 1.29 is 4.39 Å². The van der Waals surface area contributed by atoms with Crippen LogP contribution in [0.3, 0.4) is 0 Å². The van der Waals surface area contributed by atoms with E-state index in [0.29, 0.717) is 5.56 Å². The fraction of sp³-hybridized carbons (Fsp3) is 0.143. The molecule has 0 fully saturated rings. The second-order valence-corrected chi connectivity index (χ2v) is 2.36. The fourth-order valence-corrected chi connectivity index (χ4v) is 0.838. The molecular weight excluding hydrogens is 167 g/mol. The van der Waals surface area contributed by atoms with E-state index in [1.54, 1.807) is 0 Å². The minimum Gasteiger partial charge on any atom is -0.227 e. The molecule has 0 saturated carbocycles. The monoisotopic (exact) mass is 170 g/mol. The molecule has 1 aromatic rings. The summed E-state index contributed by atoms with van der Waals surface area (Å²) in [7, 11) is 0. The van der Waals surface area contributed by atoms with Crippen molar-refractivity contribution in [3.05, 3.63) is 28.8 Å². The second kappa shape index (κ2) is 3.31. The Morgan fingerprint density at radius 1 is 1.73 bits per heavy atom. The highest BCUT2D eigenvalue weighted by molar-refractivity contribution is 6.30. The van der Waals surface area contributed by atoms with Crippen LogP contribution < -0.4 is 0 Å². The van der Waals surface area contributed by atoms with E-state index >= 15 is 0 Å². The predicted octanol–water partition coefficient (Wildman–Crippen LogP) is 1.94. The van der Waals surface area contributed by atoms with Crippen LogP contribution in [-0.2, 0) is 6.42 Å². The lowest BCUT2D eigenvalue weighted by atomic mass is 10.2. The first kappa shape index (κ1) is 7.96. The Balaban J connectivity index is 2.98. The Kier molecular flexibility index (Phi) is 2.40. The third-order valence-corrected chi connectivity index (χ3v) is 1.40. The standard InChI is InChI=1S/C7H4ClFN2/c8-6-3-5(1-2-10)4-11-7(6)9/h3-4H,1H2. The van der Waals surface area contributed by atoms with Crippen LogP contribution in [-0.4, -0.2) is 4.98 Å². The first-order chi connectivity index (χ1) is 5.24. The molecule has 0 spiro atoms. The molecule has 0 radical (unpaired) electrons. The van der Waals surface area contributed by atoms with Gasteiger partial charge in [0.25, 0.3) is 0 Å². The van der Waals surface area contributed by atoms with Crippen molar-refractivity contribution >= 4 is 11.6 Å². The summed E-state index contributed by atoms with van der Waals surface area (Å²) in [6.07, 6.45) is 1.50. The van der Waals surface area contributed by atoms with Gasteiger partial charge in [-0.1, -0.05) is 11.6 Å². The molecule has 0 aliphatic rings. The number of halogens is 2. The molecule has 0 amide bonds. The maximum Gasteiger partial charge on any atom is 0.231 e. The molecule has 56 valence electrons. The molecule has 1 heterocycles. The molecule has 0 bridgehead atoms. The maximum absolute atomic E-state index is 12.4. The average molecular weight is 171 g/mol. The highest BCUT2D eigenvalue weighted by atomic mass is 35.5. The summed E-state index contributed by atoms with van der Waals surface area (Å²) in [5, 5.41) is 8.22. The molecule has 0 saturated heterocycles. The number of hydrogen-bond acceptors (Lipinski definition) is 2. The Morgan fingerprint density at radius 3 is 3.00 bits per heavy atom. The highest BCUT2D eigenvalue weighted by Gasteiger charge is 2.00. The molecule has 4 heteroatoms. The average Bonchev–Trinajstić information content (AvgIpc) is 1.98. The molecule has 1 rings (SSSR count). The molecule has 11 heavy (non-hydrogen) atoms. The quantitative estimate of drug-likeness (QED) is 0.604. The summed E-state index contributed by atoms with van der Waals surface area (Å²) < 4.78 is 12.4. The largest absolute Gasteiger partial charge is 0.231 e. The van der Waals surface area contributed by atoms with E-state index in [9.17, 15) is 4.39 Å². The van der Waals surface area contributed by atoms with Crippen LogP contribution >= 0.6 is 11.6 Å². The van der Waals surface area contributed by atoms with E-state index < -0.39 is 5.95 Å². The summed E-state index contributed by atoms with van der Waals surface area (Å²) in [6, 6.07) is 3.31. The summed E-state index contributed by atoms with van der Waals surface area (Å²) >= 11 is 5.40. The zero-order chi connectivity index (χ0) is 8.27. The van der Waals surface area contributed by atoms with Crippen LogP contribution in [0.1, 0.15) is 5.56 Å². The number of pyridine rings is 1. The molecule has 2 nitrogen and oxygen atoms in total. The summed E-state index contributed by atoms with van der Waals surface area (Å²) in [5.74, 6) is -0.701. The Hall–Kier alpha value is -1.14. The van der Waals surface area contributed by atoms with E-state index in [-0.39, 0.29) is 11.4 Å². The van der Waals surface area contributed by atoms with Gasteiger partial charge in [0.05, 0.1) is 17.5 Å². The SMILES string of the molecule is N#CCc1cnc(F)c(Cl)c1. The van der Waals surface area contributed by atoms with Crippen molar-refractivity contribution in [2.24, 2.45) is 0 Å². The van der Waals surface area contributed by atoms with Gasteiger partial charge < -0.3 is 0 Å². The predicted molar refractivity (Wildman–Crippen MR) is 38.5 cm³/mol. The number of rotatable bonds is 1. The lowest BCUT2D eigenvalue weighted by molar-refractivity contribution is 0.583. The lowest BCUT2D eigenvalue weighted by Crippen LogP contribution is -1.88. The zero-order valence-corrected chi connectivity index (χ0v) is 6.27. The van der Waals surface area contributed by atoms with Gasteiger partial charge in [-0.25, -0.2) is 4.98 Å². The van der Waals surface area contributed by atoms with Crippen molar-refractivity contribution in [3.63, 3.8) is 0 Å². The Labute approximate surface area is 68.2 Å². The number of nitriles is 1. The van der Waals surface area contributed by atoms with Crippen molar-refractivity contribution in [2.45, 2.75) is 6.42 Å². The molecular formula is C7H4ClFN2. The maximum atomic E-state index is 12.4. The highest BCUT2D eigenvalue weighted by Crippen LogP contribution is 2.13. The second-order valence-electron chi connectivity index (χ2n) is 1.95. The lowest BCUT2D eigenvalue weighted by Gasteiger charge is -1.94. The van der Waals surface area contributed by atoms with Crippen molar-refractivity contribution in [2.75, 3.05) is 0 Å². The van der Waals surface area contributed by atoms with Gasteiger partial charge in [0.1, 0.15) is 0 Å². The number of hydrogen-bond donors (Lipinski definition) is 0. The van der Waals surface area contributed by atoms with Gasteiger partial charge >= 0.3 is 0 Å². The first-order valence-corrected chi connectivity index (χ1v) is 3.28. The minimum atomic E-state index is -0.701. The van der Waals surface area contributed by atoms with Crippen LogP contribution in [0.25, 0.3) is 0 Å². The number of aromatic nitrogens is 1. The van der Waals surface area contributed by atoms with Crippen molar-refractivity contribution in [3.8, 4) is 6.07 Å². The van der Waals surface area contributed by atoms with Gasteiger partial charge in [-0.3, -0.25) is 0 Å². The molecule has 0 unspecified atom stereocenters. The molecule has 0 aromatic carbocycles. The van der Waals surface area contributed by atoms with E-state index in [0.717, 1.165) is 0 Å². The van der Waals surface area contributed by atoms with E-state index in [2.05, 4.69) is 4.98 Å². The summed E-state index contributed by atoms with van der Waals surface area (Å²) in [5.41, 5.74) is 0.624. The van der Waals surface area contributed by atoms with Crippen LogP contribution in [0.5, 0.6) is 0 Å². The summed E-state index contributed by atoms with van der Waals surface area (Å²) in [6.45, 7) is 0. The van der Waals surface area contributed by atoms with Crippen molar-refractivity contribution in [1.82, 2.24) is 4.98 Å². The van der Waals surface area contributed by atoms with Crippen LogP contribution in [0.2, 0.25) is 5.02 Å². The van der Waals surface area contributed by atoms with E-state index in [1.807, 2.05) is 6.07 Å².